The second-order valence-electron chi connectivity index (χ2n) is 4.64. The molecule has 1 saturated heterocycles. The van der Waals surface area contributed by atoms with Crippen molar-refractivity contribution in [3.05, 3.63) is 27.2 Å². The van der Waals surface area contributed by atoms with Gasteiger partial charge in [-0.2, -0.15) is 0 Å². The molecule has 1 aliphatic rings. The third-order valence-electron chi connectivity index (χ3n) is 3.29. The number of halogens is 3. The second kappa shape index (κ2) is 6.42. The van der Waals surface area contributed by atoms with Crippen LogP contribution in [0.15, 0.2) is 21.5 Å². The Labute approximate surface area is 140 Å². The van der Waals surface area contributed by atoms with Crippen molar-refractivity contribution in [3.63, 3.8) is 0 Å². The van der Waals surface area contributed by atoms with E-state index in [0.29, 0.717) is 17.7 Å². The van der Waals surface area contributed by atoms with Crippen molar-refractivity contribution < 1.29 is 17.9 Å². The first-order chi connectivity index (χ1) is 9.71. The Morgan fingerprint density at radius 1 is 1.48 bits per heavy atom. The van der Waals surface area contributed by atoms with E-state index in [1.54, 1.807) is 7.05 Å². The summed E-state index contributed by atoms with van der Waals surface area (Å²) in [4.78, 5) is 13.8. The number of carbonyl (C=O) groups excluding carboxylic acids is 1. The Morgan fingerprint density at radius 2 is 2.14 bits per heavy atom. The number of nitrogens with zero attached hydrogens (tertiary/aromatic N) is 1. The molecule has 1 atom stereocenters. The Balaban J connectivity index is 2.42. The lowest BCUT2D eigenvalue weighted by Crippen LogP contribution is -2.37. The molecule has 1 aliphatic heterocycles. The second-order valence-corrected chi connectivity index (χ2v) is 8.44. The third-order valence-corrected chi connectivity index (χ3v) is 5.88. The van der Waals surface area contributed by atoms with E-state index in [-0.39, 0.29) is 27.4 Å². The standard InChI is InChI=1S/C12H12BrCl2NO4S/c1-16(7-2-3-20-6-7)12(17)9-4-8(21(15,18)19)5-10(13)11(9)14/h4-5,7H,2-3,6H2,1H3. The summed E-state index contributed by atoms with van der Waals surface area (Å²) < 4.78 is 28.4. The lowest BCUT2D eigenvalue weighted by atomic mass is 10.1. The molecule has 1 fully saturated rings. The van der Waals surface area contributed by atoms with Crippen LogP contribution in [0.4, 0.5) is 0 Å². The van der Waals surface area contributed by atoms with Crippen LogP contribution in [-0.2, 0) is 13.8 Å². The normalized spacial score (nSPS) is 18.8. The van der Waals surface area contributed by atoms with Crippen LogP contribution >= 0.6 is 38.2 Å². The topological polar surface area (TPSA) is 63.7 Å². The summed E-state index contributed by atoms with van der Waals surface area (Å²) >= 11 is 9.24. The zero-order chi connectivity index (χ0) is 15.8. The van der Waals surface area contributed by atoms with Gasteiger partial charge in [-0.1, -0.05) is 11.6 Å². The van der Waals surface area contributed by atoms with Gasteiger partial charge in [0.15, 0.2) is 0 Å². The Morgan fingerprint density at radius 3 is 2.67 bits per heavy atom. The lowest BCUT2D eigenvalue weighted by molar-refractivity contribution is 0.0711. The van der Waals surface area contributed by atoms with Crippen molar-refractivity contribution in [3.8, 4) is 0 Å². The van der Waals surface area contributed by atoms with Gasteiger partial charge in [-0.25, -0.2) is 8.42 Å². The fourth-order valence-corrected chi connectivity index (χ4v) is 3.63. The van der Waals surface area contributed by atoms with Crippen molar-refractivity contribution in [1.82, 2.24) is 4.90 Å². The maximum Gasteiger partial charge on any atom is 0.261 e. The molecule has 116 valence electrons. The van der Waals surface area contributed by atoms with Crippen LogP contribution in [0.1, 0.15) is 16.8 Å². The van der Waals surface area contributed by atoms with Crippen molar-refractivity contribution in [1.29, 1.82) is 0 Å². The zero-order valence-corrected chi connectivity index (χ0v) is 14.9. The Kier molecular flexibility index (Phi) is 5.20. The van der Waals surface area contributed by atoms with Gasteiger partial charge in [-0.05, 0) is 34.5 Å². The predicted octanol–water partition coefficient (Wildman–Crippen LogP) is 2.89. The van der Waals surface area contributed by atoms with Gasteiger partial charge in [0, 0.05) is 28.8 Å². The molecule has 1 unspecified atom stereocenters. The van der Waals surface area contributed by atoms with Crippen molar-refractivity contribution in [2.24, 2.45) is 0 Å². The predicted molar refractivity (Wildman–Crippen MR) is 83.5 cm³/mol. The number of amides is 1. The van der Waals surface area contributed by atoms with Crippen LogP contribution in [0.3, 0.4) is 0 Å². The minimum atomic E-state index is -3.95. The number of likely N-dealkylation sites (N-methyl/N-ethyl adjacent to an activating group) is 1. The molecule has 21 heavy (non-hydrogen) atoms. The van der Waals surface area contributed by atoms with Crippen LogP contribution in [0.5, 0.6) is 0 Å². The van der Waals surface area contributed by atoms with E-state index in [1.165, 1.54) is 17.0 Å². The molecule has 1 aromatic carbocycles. The first-order valence-corrected chi connectivity index (χ1v) is 9.48. The monoisotopic (exact) mass is 415 g/mol. The average Bonchev–Trinajstić information content (AvgIpc) is 2.92. The lowest BCUT2D eigenvalue weighted by Gasteiger charge is -2.24. The summed E-state index contributed by atoms with van der Waals surface area (Å²) in [5.74, 6) is -0.377. The van der Waals surface area contributed by atoms with Crippen LogP contribution in [-0.4, -0.2) is 45.5 Å². The first kappa shape index (κ1) is 17.0. The summed E-state index contributed by atoms with van der Waals surface area (Å²) in [5, 5.41) is 0.148. The molecule has 5 nitrogen and oxygen atoms in total. The van der Waals surface area contributed by atoms with E-state index in [9.17, 15) is 13.2 Å². The van der Waals surface area contributed by atoms with Crippen LogP contribution in [0.25, 0.3) is 0 Å². The highest BCUT2D eigenvalue weighted by molar-refractivity contribution is 9.10. The quantitative estimate of drug-likeness (QED) is 0.710. The van der Waals surface area contributed by atoms with E-state index in [2.05, 4.69) is 15.9 Å². The van der Waals surface area contributed by atoms with Gasteiger partial charge in [0.1, 0.15) is 0 Å². The first-order valence-electron chi connectivity index (χ1n) is 6.00. The summed E-state index contributed by atoms with van der Waals surface area (Å²) in [6, 6.07) is 2.40. The highest BCUT2D eigenvalue weighted by Gasteiger charge is 2.28. The summed E-state index contributed by atoms with van der Waals surface area (Å²) in [5.41, 5.74) is 0.0830. The molecule has 0 saturated carbocycles. The van der Waals surface area contributed by atoms with Crippen LogP contribution in [0, 0.1) is 0 Å². The smallest absolute Gasteiger partial charge is 0.261 e. The molecule has 1 aromatic rings. The van der Waals surface area contributed by atoms with Gasteiger partial charge < -0.3 is 9.64 Å². The highest BCUT2D eigenvalue weighted by Crippen LogP contribution is 2.32. The molecule has 1 heterocycles. The van der Waals surface area contributed by atoms with Gasteiger partial charge in [0.2, 0.25) is 0 Å². The van der Waals surface area contributed by atoms with Gasteiger partial charge in [0.25, 0.3) is 15.0 Å². The van der Waals surface area contributed by atoms with Crippen LogP contribution < -0.4 is 0 Å². The van der Waals surface area contributed by atoms with Crippen LogP contribution in [0.2, 0.25) is 5.02 Å². The Bertz CT molecular complexity index is 674. The molecule has 0 aliphatic carbocycles. The number of rotatable bonds is 3. The third kappa shape index (κ3) is 3.71. The minimum Gasteiger partial charge on any atom is -0.379 e. The number of ether oxygens (including phenoxy) is 1. The van der Waals surface area contributed by atoms with E-state index in [1.807, 2.05) is 0 Å². The van der Waals surface area contributed by atoms with Gasteiger partial charge >= 0.3 is 0 Å². The molecule has 0 aromatic heterocycles. The molecular formula is C12H12BrCl2NO4S. The fourth-order valence-electron chi connectivity index (χ4n) is 2.04. The zero-order valence-electron chi connectivity index (χ0n) is 11.0. The van der Waals surface area contributed by atoms with Crippen molar-refractivity contribution in [2.45, 2.75) is 17.4 Å². The molecule has 0 bridgehead atoms. The maximum atomic E-state index is 12.5. The minimum absolute atomic E-state index is 0.0522. The highest BCUT2D eigenvalue weighted by atomic mass is 79.9. The SMILES string of the molecule is CN(C(=O)c1cc(S(=O)(=O)Cl)cc(Br)c1Cl)C1CCOC1. The van der Waals surface area contributed by atoms with E-state index in [0.717, 1.165) is 6.42 Å². The number of hydrogen-bond acceptors (Lipinski definition) is 4. The van der Waals surface area contributed by atoms with E-state index < -0.39 is 9.05 Å². The van der Waals surface area contributed by atoms with Gasteiger partial charge in [-0.3, -0.25) is 4.79 Å². The number of benzene rings is 1. The summed E-state index contributed by atoms with van der Waals surface area (Å²) in [6.45, 7) is 1.05. The van der Waals surface area contributed by atoms with Crippen molar-refractivity contribution in [2.75, 3.05) is 20.3 Å². The molecular weight excluding hydrogens is 405 g/mol. The average molecular weight is 417 g/mol. The molecule has 2 rings (SSSR count). The summed E-state index contributed by atoms with van der Waals surface area (Å²) in [6.07, 6.45) is 0.731. The number of hydrogen-bond donors (Lipinski definition) is 0. The Hall–Kier alpha value is -0.340. The fraction of sp³-hybridized carbons (Fsp3) is 0.417. The van der Waals surface area contributed by atoms with Crippen molar-refractivity contribution >= 4 is 53.2 Å². The molecule has 9 heteroatoms. The molecule has 0 N–H and O–H groups in total. The van der Waals surface area contributed by atoms with E-state index >= 15 is 0 Å². The number of carbonyl (C=O) groups is 1. The largest absolute Gasteiger partial charge is 0.379 e. The maximum absolute atomic E-state index is 12.5. The summed E-state index contributed by atoms with van der Waals surface area (Å²) in [7, 11) is 3.01. The van der Waals surface area contributed by atoms with Gasteiger partial charge in [-0.15, -0.1) is 0 Å². The molecule has 0 spiro atoms. The van der Waals surface area contributed by atoms with E-state index in [4.69, 9.17) is 27.0 Å². The molecule has 0 radical (unpaired) electrons. The molecule has 1 amide bonds. The van der Waals surface area contributed by atoms with Gasteiger partial charge in [0.05, 0.1) is 28.1 Å².